The second-order valence-electron chi connectivity index (χ2n) is 20.4. The van der Waals surface area contributed by atoms with Gasteiger partial charge in [-0.15, -0.1) is 0 Å². The zero-order valence-electron chi connectivity index (χ0n) is 32.7. The molecular formula is C42H64O10. The highest BCUT2D eigenvalue weighted by molar-refractivity contribution is 5.83. The lowest BCUT2D eigenvalue weighted by molar-refractivity contribution is -0.249. The maximum atomic E-state index is 14.4. The van der Waals surface area contributed by atoms with Crippen molar-refractivity contribution in [2.24, 2.45) is 52.8 Å². The summed E-state index contributed by atoms with van der Waals surface area (Å²) in [6, 6.07) is 0. The first kappa shape index (κ1) is 38.1. The van der Waals surface area contributed by atoms with Gasteiger partial charge in [0.15, 0.2) is 0 Å². The summed E-state index contributed by atoms with van der Waals surface area (Å²) in [6.07, 6.45) is 9.66. The van der Waals surface area contributed by atoms with Gasteiger partial charge in [0.1, 0.15) is 16.8 Å². The standard InChI is InChI=1S/C42H64O10/c1-8-30(34(44)51-38(7,24(2)3)39-13-26-10-27(14-39)16-40(47,15-26)22-39)12-31(9-25(4)33(43)49-32-21-37(5,6)50-36(32)46)35(45)52-42-19-28-11-29(20-42)18-41(48,17-28)23-42/h24-32,47-48H,8-23H2,1-7H3. The number of hydrogen-bond acceptors (Lipinski definition) is 10. The second kappa shape index (κ2) is 12.9. The van der Waals surface area contributed by atoms with Gasteiger partial charge in [-0.1, -0.05) is 27.7 Å². The summed E-state index contributed by atoms with van der Waals surface area (Å²) in [5, 5.41) is 23.0. The third kappa shape index (κ3) is 6.94. The monoisotopic (exact) mass is 728 g/mol. The Hall–Kier alpha value is -2.20. The fourth-order valence-corrected chi connectivity index (χ4v) is 13.3. The summed E-state index contributed by atoms with van der Waals surface area (Å²) >= 11 is 0. The van der Waals surface area contributed by atoms with Crippen molar-refractivity contribution in [3.8, 4) is 0 Å². The van der Waals surface area contributed by atoms with Crippen LogP contribution in [0.15, 0.2) is 0 Å². The van der Waals surface area contributed by atoms with Gasteiger partial charge < -0.3 is 29.2 Å². The molecule has 1 heterocycles. The molecule has 292 valence electrons. The summed E-state index contributed by atoms with van der Waals surface area (Å²) in [5.74, 6) is -2.64. The molecule has 8 aliphatic carbocycles. The Labute approximate surface area is 309 Å². The average Bonchev–Trinajstić information content (AvgIpc) is 3.25. The first-order chi connectivity index (χ1) is 24.2. The van der Waals surface area contributed by atoms with Gasteiger partial charge in [0.2, 0.25) is 6.10 Å². The minimum Gasteiger partial charge on any atom is -0.459 e. The minimum atomic E-state index is -1.00. The van der Waals surface area contributed by atoms with E-state index in [1.165, 1.54) is 0 Å². The molecule has 8 saturated carbocycles. The molecule has 0 aromatic carbocycles. The van der Waals surface area contributed by atoms with E-state index < -0.39 is 69.8 Å². The van der Waals surface area contributed by atoms with Crippen LogP contribution in [0.25, 0.3) is 0 Å². The van der Waals surface area contributed by atoms with E-state index >= 15 is 0 Å². The van der Waals surface area contributed by atoms with Crippen LogP contribution >= 0.6 is 0 Å². The average molecular weight is 729 g/mol. The van der Waals surface area contributed by atoms with E-state index in [1.54, 1.807) is 20.8 Å². The highest BCUT2D eigenvalue weighted by atomic mass is 16.6. The first-order valence-electron chi connectivity index (χ1n) is 20.5. The molecule has 9 aliphatic rings. The van der Waals surface area contributed by atoms with Gasteiger partial charge in [0.05, 0.1) is 29.0 Å². The minimum absolute atomic E-state index is 0.0125. The Morgan fingerprint density at radius 2 is 1.35 bits per heavy atom. The summed E-state index contributed by atoms with van der Waals surface area (Å²) in [5.41, 5.74) is -4.09. The third-order valence-electron chi connectivity index (χ3n) is 15.1. The van der Waals surface area contributed by atoms with Crippen molar-refractivity contribution >= 4 is 23.9 Å². The molecule has 10 nitrogen and oxygen atoms in total. The topological polar surface area (TPSA) is 146 Å². The SMILES string of the molecule is CCC(CC(CC(C)C(=O)OC1CC(C)(C)OC1=O)C(=O)OC12CC3CC(CC(O)(C3)C1)C2)C(=O)OC(C)(C(C)C)C12CC3CC(CC(O)(C3)C1)C2. The zero-order valence-corrected chi connectivity index (χ0v) is 32.7. The smallest absolute Gasteiger partial charge is 0.348 e. The Morgan fingerprint density at radius 3 is 1.83 bits per heavy atom. The van der Waals surface area contributed by atoms with Crippen LogP contribution in [0.1, 0.15) is 151 Å². The van der Waals surface area contributed by atoms with Crippen molar-refractivity contribution in [2.45, 2.75) is 185 Å². The predicted octanol–water partition coefficient (Wildman–Crippen LogP) is 6.60. The van der Waals surface area contributed by atoms with Crippen molar-refractivity contribution in [3.05, 3.63) is 0 Å². The summed E-state index contributed by atoms with van der Waals surface area (Å²) in [4.78, 5) is 54.7. The van der Waals surface area contributed by atoms with Crippen LogP contribution in [0.2, 0.25) is 0 Å². The number of carbonyl (C=O) groups is 4. The lowest BCUT2D eigenvalue weighted by Crippen LogP contribution is -2.65. The molecule has 0 aromatic heterocycles. The van der Waals surface area contributed by atoms with Gasteiger partial charge in [-0.05, 0) is 140 Å². The molecule has 9 rings (SSSR count). The lowest BCUT2D eigenvalue weighted by Gasteiger charge is -2.65. The van der Waals surface area contributed by atoms with E-state index in [1.807, 2.05) is 6.92 Å². The molecule has 0 aromatic rings. The van der Waals surface area contributed by atoms with Crippen LogP contribution in [0.3, 0.4) is 0 Å². The molecule has 0 amide bonds. The number of esters is 4. The molecule has 1 saturated heterocycles. The third-order valence-corrected chi connectivity index (χ3v) is 15.1. The lowest BCUT2D eigenvalue weighted by atomic mass is 9.43. The van der Waals surface area contributed by atoms with Crippen LogP contribution in [-0.4, -0.2) is 68.2 Å². The van der Waals surface area contributed by atoms with Crippen molar-refractivity contribution < 1.29 is 48.3 Å². The molecule has 9 unspecified atom stereocenters. The quantitative estimate of drug-likeness (QED) is 0.157. The van der Waals surface area contributed by atoms with Gasteiger partial charge >= 0.3 is 23.9 Å². The van der Waals surface area contributed by atoms with Crippen molar-refractivity contribution in [1.82, 2.24) is 0 Å². The first-order valence-corrected chi connectivity index (χ1v) is 20.5. The van der Waals surface area contributed by atoms with Gasteiger partial charge in [0, 0.05) is 18.3 Å². The number of hydrogen-bond donors (Lipinski definition) is 2. The van der Waals surface area contributed by atoms with E-state index in [4.69, 9.17) is 18.9 Å². The molecule has 1 aliphatic heterocycles. The normalized spacial score (nSPS) is 42.3. The maximum absolute atomic E-state index is 14.4. The fraction of sp³-hybridized carbons (Fsp3) is 0.905. The molecule has 52 heavy (non-hydrogen) atoms. The number of aliphatic hydroxyl groups is 2. The number of cyclic esters (lactones) is 1. The number of carbonyl (C=O) groups excluding carboxylic acids is 4. The van der Waals surface area contributed by atoms with E-state index in [2.05, 4.69) is 20.8 Å². The fourth-order valence-electron chi connectivity index (χ4n) is 13.3. The molecule has 2 N–H and O–H groups in total. The highest BCUT2D eigenvalue weighted by Gasteiger charge is 2.66. The number of ether oxygens (including phenoxy) is 4. The van der Waals surface area contributed by atoms with Crippen molar-refractivity contribution in [1.29, 1.82) is 0 Å². The van der Waals surface area contributed by atoms with Crippen LogP contribution in [-0.2, 0) is 38.1 Å². The summed E-state index contributed by atoms with van der Waals surface area (Å²) in [6.45, 7) is 13.4. The Kier molecular flexibility index (Phi) is 9.48. The molecular weight excluding hydrogens is 664 g/mol. The molecule has 10 heteroatoms. The molecule has 8 bridgehead atoms. The van der Waals surface area contributed by atoms with Crippen LogP contribution in [0, 0.1) is 52.8 Å². The van der Waals surface area contributed by atoms with Gasteiger partial charge in [-0.3, -0.25) is 14.4 Å². The van der Waals surface area contributed by atoms with Gasteiger partial charge in [-0.25, -0.2) is 4.79 Å². The van der Waals surface area contributed by atoms with Gasteiger partial charge in [-0.2, -0.15) is 0 Å². The molecule has 9 fully saturated rings. The Balaban J connectivity index is 1.10. The largest absolute Gasteiger partial charge is 0.459 e. The van der Waals surface area contributed by atoms with E-state index in [0.29, 0.717) is 42.9 Å². The zero-order chi connectivity index (χ0) is 37.6. The maximum Gasteiger partial charge on any atom is 0.348 e. The van der Waals surface area contributed by atoms with E-state index in [9.17, 15) is 29.4 Å². The number of rotatable bonds is 13. The second-order valence-corrected chi connectivity index (χ2v) is 20.4. The molecule has 9 atom stereocenters. The molecule has 0 radical (unpaired) electrons. The molecule has 0 spiro atoms. The predicted molar refractivity (Wildman–Crippen MR) is 190 cm³/mol. The van der Waals surface area contributed by atoms with Crippen LogP contribution in [0.4, 0.5) is 0 Å². The van der Waals surface area contributed by atoms with Crippen LogP contribution in [0.5, 0.6) is 0 Å². The van der Waals surface area contributed by atoms with Gasteiger partial charge in [0.25, 0.3) is 0 Å². The summed E-state index contributed by atoms with van der Waals surface area (Å²) < 4.78 is 24.2. The highest BCUT2D eigenvalue weighted by Crippen LogP contribution is 2.67. The Bertz CT molecular complexity index is 1420. The van der Waals surface area contributed by atoms with Crippen molar-refractivity contribution in [3.63, 3.8) is 0 Å². The summed E-state index contributed by atoms with van der Waals surface area (Å²) in [7, 11) is 0. The van der Waals surface area contributed by atoms with E-state index in [-0.39, 0.29) is 36.6 Å². The van der Waals surface area contributed by atoms with Crippen molar-refractivity contribution in [2.75, 3.05) is 0 Å². The van der Waals surface area contributed by atoms with Crippen LogP contribution < -0.4 is 0 Å². The van der Waals surface area contributed by atoms with E-state index in [0.717, 1.165) is 64.2 Å². The Morgan fingerprint density at radius 1 is 0.788 bits per heavy atom.